The molecule has 0 saturated heterocycles. The van der Waals surface area contributed by atoms with Gasteiger partial charge >= 0.3 is 5.97 Å². The van der Waals surface area contributed by atoms with E-state index in [9.17, 15) is 13.2 Å². The van der Waals surface area contributed by atoms with Gasteiger partial charge in [0.25, 0.3) is 10.0 Å². The second-order valence-corrected chi connectivity index (χ2v) is 7.64. The van der Waals surface area contributed by atoms with Crippen molar-refractivity contribution in [3.8, 4) is 0 Å². The maximum Gasteiger partial charge on any atom is 0.337 e. The number of benzene rings is 2. The summed E-state index contributed by atoms with van der Waals surface area (Å²) in [5, 5.41) is 0.00777. The number of hydrogen-bond donors (Lipinski definition) is 1. The highest BCUT2D eigenvalue weighted by atomic mass is 79.9. The number of methoxy groups -OCH3 is 1. The lowest BCUT2D eigenvalue weighted by atomic mass is 10.2. The van der Waals surface area contributed by atoms with Crippen LogP contribution >= 0.6 is 27.5 Å². The van der Waals surface area contributed by atoms with E-state index in [0.29, 0.717) is 10.2 Å². The Kier molecular flexibility index (Phi) is 5.33. The van der Waals surface area contributed by atoms with Crippen LogP contribution in [0.15, 0.2) is 45.8 Å². The summed E-state index contributed by atoms with van der Waals surface area (Å²) in [4.78, 5) is 11.4. The highest BCUT2D eigenvalue weighted by Crippen LogP contribution is 2.29. The van der Waals surface area contributed by atoms with Crippen molar-refractivity contribution >= 4 is 49.2 Å². The van der Waals surface area contributed by atoms with Crippen LogP contribution in [-0.4, -0.2) is 21.5 Å². The van der Waals surface area contributed by atoms with Gasteiger partial charge in [-0.25, -0.2) is 13.2 Å². The third-order valence-electron chi connectivity index (χ3n) is 3.01. The van der Waals surface area contributed by atoms with E-state index in [0.717, 1.165) is 5.56 Å². The lowest BCUT2D eigenvalue weighted by Gasteiger charge is -2.12. The molecule has 2 aromatic rings. The van der Waals surface area contributed by atoms with Gasteiger partial charge in [0, 0.05) is 4.47 Å². The van der Waals surface area contributed by atoms with Crippen LogP contribution in [0.3, 0.4) is 0 Å². The highest BCUT2D eigenvalue weighted by Gasteiger charge is 2.21. The number of aryl methyl sites for hydroxylation is 1. The first kappa shape index (κ1) is 17.8. The Morgan fingerprint density at radius 3 is 2.52 bits per heavy atom. The summed E-state index contributed by atoms with van der Waals surface area (Å²) in [6.07, 6.45) is 0. The van der Waals surface area contributed by atoms with Crippen LogP contribution in [0, 0.1) is 6.92 Å². The number of sulfonamides is 1. The van der Waals surface area contributed by atoms with Crippen molar-refractivity contribution in [1.29, 1.82) is 0 Å². The molecule has 0 fully saturated rings. The molecule has 0 radical (unpaired) electrons. The fraction of sp³-hybridized carbons (Fsp3) is 0.133. The number of rotatable bonds is 4. The molecule has 0 atom stereocenters. The Morgan fingerprint density at radius 2 is 1.91 bits per heavy atom. The molecule has 122 valence electrons. The Hall–Kier alpha value is -1.57. The van der Waals surface area contributed by atoms with E-state index in [4.69, 9.17) is 11.6 Å². The maximum absolute atomic E-state index is 12.6. The van der Waals surface area contributed by atoms with Crippen molar-refractivity contribution < 1.29 is 17.9 Å². The zero-order valence-electron chi connectivity index (χ0n) is 12.3. The normalized spacial score (nSPS) is 11.1. The summed E-state index contributed by atoms with van der Waals surface area (Å²) in [7, 11) is -2.75. The number of carbonyl (C=O) groups is 1. The first-order chi connectivity index (χ1) is 10.7. The van der Waals surface area contributed by atoms with Gasteiger partial charge in [0.15, 0.2) is 0 Å². The average Bonchev–Trinajstić information content (AvgIpc) is 2.49. The van der Waals surface area contributed by atoms with Crippen LogP contribution in [0.5, 0.6) is 0 Å². The SMILES string of the molecule is COC(=O)c1ccc(Cl)c(S(=O)(=O)Nc2ccc(C)cc2Br)c1. The summed E-state index contributed by atoms with van der Waals surface area (Å²) in [5.74, 6) is -0.644. The summed E-state index contributed by atoms with van der Waals surface area (Å²) in [5.41, 5.74) is 1.45. The number of carbonyl (C=O) groups excluding carboxylic acids is 1. The monoisotopic (exact) mass is 417 g/mol. The van der Waals surface area contributed by atoms with Crippen LogP contribution in [0.4, 0.5) is 5.69 Å². The predicted octanol–water partition coefficient (Wildman–Crippen LogP) is 4.00. The van der Waals surface area contributed by atoms with Crippen molar-refractivity contribution in [3.63, 3.8) is 0 Å². The Balaban J connectivity index is 2.45. The third kappa shape index (κ3) is 4.04. The lowest BCUT2D eigenvalue weighted by molar-refractivity contribution is 0.0600. The zero-order chi connectivity index (χ0) is 17.2. The predicted molar refractivity (Wildman–Crippen MR) is 92.5 cm³/mol. The van der Waals surface area contributed by atoms with E-state index < -0.39 is 16.0 Å². The molecule has 1 N–H and O–H groups in total. The molecule has 0 aliphatic carbocycles. The maximum atomic E-state index is 12.6. The largest absolute Gasteiger partial charge is 0.465 e. The average molecular weight is 419 g/mol. The Bertz CT molecular complexity index is 868. The first-order valence-electron chi connectivity index (χ1n) is 6.41. The molecular weight excluding hydrogens is 406 g/mol. The van der Waals surface area contributed by atoms with Crippen molar-refractivity contribution in [2.45, 2.75) is 11.8 Å². The van der Waals surface area contributed by atoms with Gasteiger partial charge < -0.3 is 4.74 Å². The smallest absolute Gasteiger partial charge is 0.337 e. The van der Waals surface area contributed by atoms with E-state index >= 15 is 0 Å². The van der Waals surface area contributed by atoms with Crippen LogP contribution in [-0.2, 0) is 14.8 Å². The molecule has 0 aromatic heterocycles. The molecule has 0 heterocycles. The standard InChI is InChI=1S/C15H13BrClNO4S/c1-9-3-6-13(11(16)7-9)18-23(20,21)14-8-10(15(19)22-2)4-5-12(14)17/h3-8,18H,1-2H3. The number of anilines is 1. The quantitative estimate of drug-likeness (QED) is 0.762. The van der Waals surface area contributed by atoms with Gasteiger partial charge in [-0.3, -0.25) is 4.72 Å². The Morgan fingerprint density at radius 1 is 1.22 bits per heavy atom. The van der Waals surface area contributed by atoms with E-state index in [1.165, 1.54) is 25.3 Å². The van der Waals surface area contributed by atoms with Gasteiger partial charge in [-0.1, -0.05) is 17.7 Å². The first-order valence-corrected chi connectivity index (χ1v) is 9.07. The molecule has 2 aromatic carbocycles. The van der Waals surface area contributed by atoms with Crippen molar-refractivity contribution in [2.24, 2.45) is 0 Å². The van der Waals surface area contributed by atoms with Gasteiger partial charge in [-0.05, 0) is 58.7 Å². The summed E-state index contributed by atoms with van der Waals surface area (Å²) >= 11 is 9.28. The summed E-state index contributed by atoms with van der Waals surface area (Å²) in [6, 6.07) is 9.11. The Labute approximate surface area is 147 Å². The van der Waals surface area contributed by atoms with Crippen LogP contribution in [0.25, 0.3) is 0 Å². The van der Waals surface area contributed by atoms with Gasteiger partial charge in [-0.2, -0.15) is 0 Å². The van der Waals surface area contributed by atoms with Gasteiger partial charge in [0.05, 0.1) is 23.4 Å². The fourth-order valence-electron chi connectivity index (χ4n) is 1.86. The van der Waals surface area contributed by atoms with Crippen molar-refractivity contribution in [3.05, 3.63) is 57.0 Å². The van der Waals surface area contributed by atoms with Crippen LogP contribution in [0.2, 0.25) is 5.02 Å². The van der Waals surface area contributed by atoms with E-state index in [1.54, 1.807) is 18.2 Å². The molecule has 2 rings (SSSR count). The topological polar surface area (TPSA) is 72.5 Å². The molecule has 0 bridgehead atoms. The second kappa shape index (κ2) is 6.90. The minimum atomic E-state index is -3.96. The van der Waals surface area contributed by atoms with E-state index in [1.807, 2.05) is 6.92 Å². The molecule has 8 heteroatoms. The van der Waals surface area contributed by atoms with E-state index in [2.05, 4.69) is 25.4 Å². The zero-order valence-corrected chi connectivity index (χ0v) is 15.4. The third-order valence-corrected chi connectivity index (χ3v) is 5.51. The summed E-state index contributed by atoms with van der Waals surface area (Å²) < 4.78 is 32.7. The molecule has 0 amide bonds. The number of nitrogens with one attached hydrogen (secondary N) is 1. The molecule has 5 nitrogen and oxygen atoms in total. The lowest BCUT2D eigenvalue weighted by Crippen LogP contribution is -2.15. The number of esters is 1. The molecule has 0 aliphatic rings. The molecule has 23 heavy (non-hydrogen) atoms. The molecule has 0 aliphatic heterocycles. The van der Waals surface area contributed by atoms with E-state index in [-0.39, 0.29) is 15.5 Å². The molecule has 0 spiro atoms. The molecule has 0 unspecified atom stereocenters. The molecular formula is C15H13BrClNO4S. The van der Waals surface area contributed by atoms with Crippen molar-refractivity contribution in [1.82, 2.24) is 0 Å². The minimum Gasteiger partial charge on any atom is -0.465 e. The van der Waals surface area contributed by atoms with Crippen LogP contribution < -0.4 is 4.72 Å². The molecule has 0 saturated carbocycles. The van der Waals surface area contributed by atoms with Gasteiger partial charge in [0.2, 0.25) is 0 Å². The second-order valence-electron chi connectivity index (χ2n) is 4.73. The summed E-state index contributed by atoms with van der Waals surface area (Å²) in [6.45, 7) is 1.89. The van der Waals surface area contributed by atoms with Crippen molar-refractivity contribution in [2.75, 3.05) is 11.8 Å². The number of ether oxygens (including phenoxy) is 1. The fourth-order valence-corrected chi connectivity index (χ4v) is 4.19. The minimum absolute atomic E-state index is 0.00777. The number of halogens is 2. The highest BCUT2D eigenvalue weighted by molar-refractivity contribution is 9.10. The number of hydrogen-bond acceptors (Lipinski definition) is 4. The van der Waals surface area contributed by atoms with Gasteiger partial charge in [-0.15, -0.1) is 0 Å². The van der Waals surface area contributed by atoms with Gasteiger partial charge in [0.1, 0.15) is 4.90 Å². The van der Waals surface area contributed by atoms with Crippen LogP contribution in [0.1, 0.15) is 15.9 Å².